The molecule has 0 fully saturated rings. The second-order valence-corrected chi connectivity index (χ2v) is 11.3. The predicted molar refractivity (Wildman–Crippen MR) is 154 cm³/mol. The van der Waals surface area contributed by atoms with E-state index in [9.17, 15) is 4.79 Å². The molecule has 0 saturated heterocycles. The molecule has 1 atom stereocenters. The van der Waals surface area contributed by atoms with Crippen molar-refractivity contribution in [2.45, 2.75) is 28.9 Å². The number of nitrogens with one attached hydrogen (secondary N) is 2. The Morgan fingerprint density at radius 2 is 1.74 bits per heavy atom. The lowest BCUT2D eigenvalue weighted by Crippen LogP contribution is -2.30. The van der Waals surface area contributed by atoms with E-state index >= 15 is 4.39 Å². The van der Waals surface area contributed by atoms with Crippen molar-refractivity contribution in [2.75, 3.05) is 11.9 Å². The van der Waals surface area contributed by atoms with Gasteiger partial charge in [0.05, 0.1) is 15.3 Å². The fourth-order valence-electron chi connectivity index (χ4n) is 4.20. The second-order valence-electron chi connectivity index (χ2n) is 8.93. The van der Waals surface area contributed by atoms with E-state index in [1.165, 1.54) is 29.3 Å². The number of carbonyl (C=O) groups is 1. The van der Waals surface area contributed by atoms with Gasteiger partial charge in [0, 0.05) is 24.9 Å². The lowest BCUT2D eigenvalue weighted by Gasteiger charge is -2.21. The highest BCUT2D eigenvalue weighted by Crippen LogP contribution is 2.36. The van der Waals surface area contributed by atoms with Gasteiger partial charge < -0.3 is 10.6 Å². The second kappa shape index (κ2) is 12.2. The molecule has 0 saturated carbocycles. The van der Waals surface area contributed by atoms with E-state index in [0.29, 0.717) is 22.4 Å². The van der Waals surface area contributed by atoms with Crippen LogP contribution in [0.4, 0.5) is 15.3 Å². The number of halogens is 1. The summed E-state index contributed by atoms with van der Waals surface area (Å²) in [5.74, 6) is -0.602. The Kier molecular flexibility index (Phi) is 8.29. The topological polar surface area (TPSA) is 79.8 Å². The molecule has 39 heavy (non-hydrogen) atoms. The van der Waals surface area contributed by atoms with Crippen LogP contribution >= 0.6 is 23.1 Å². The average Bonchev–Trinajstić information content (AvgIpc) is 3.38. The number of hydrogen-bond donors (Lipinski definition) is 2. The molecule has 3 heterocycles. The first-order chi connectivity index (χ1) is 19.0. The minimum absolute atomic E-state index is 0.0806. The number of aryl methyl sites for hydroxylation is 2. The molecule has 1 unspecified atom stereocenters. The van der Waals surface area contributed by atoms with Crippen LogP contribution < -0.4 is 10.6 Å². The van der Waals surface area contributed by atoms with Crippen molar-refractivity contribution in [1.29, 1.82) is 0 Å². The minimum Gasteiger partial charge on any atom is -0.350 e. The summed E-state index contributed by atoms with van der Waals surface area (Å²) >= 11 is 2.58. The summed E-state index contributed by atoms with van der Waals surface area (Å²) in [6.45, 7) is 4.34. The summed E-state index contributed by atoms with van der Waals surface area (Å²) < 4.78 is 16.2. The van der Waals surface area contributed by atoms with Crippen LogP contribution in [-0.2, 0) is 0 Å². The van der Waals surface area contributed by atoms with Crippen molar-refractivity contribution in [3.8, 4) is 0 Å². The van der Waals surface area contributed by atoms with E-state index in [0.717, 1.165) is 26.5 Å². The molecule has 0 radical (unpaired) electrons. The van der Waals surface area contributed by atoms with Crippen molar-refractivity contribution < 1.29 is 9.18 Å². The van der Waals surface area contributed by atoms with E-state index in [1.54, 1.807) is 18.5 Å². The van der Waals surface area contributed by atoms with Crippen molar-refractivity contribution in [2.24, 2.45) is 0 Å². The fourth-order valence-corrected chi connectivity index (χ4v) is 6.07. The van der Waals surface area contributed by atoms with Gasteiger partial charge in [-0.25, -0.2) is 19.3 Å². The maximum Gasteiger partial charge on any atom is 0.273 e. The fraction of sp³-hybridized carbons (Fsp3) is 0.133. The van der Waals surface area contributed by atoms with Gasteiger partial charge in [0.2, 0.25) is 0 Å². The van der Waals surface area contributed by atoms with E-state index in [1.807, 2.05) is 74.5 Å². The molecule has 6 nitrogen and oxygen atoms in total. The number of aromatic nitrogens is 3. The number of benzene rings is 2. The number of thiazole rings is 1. The summed E-state index contributed by atoms with van der Waals surface area (Å²) in [5.41, 5.74) is 4.15. The van der Waals surface area contributed by atoms with Gasteiger partial charge in [-0.1, -0.05) is 77.7 Å². The lowest BCUT2D eigenvalue weighted by atomic mass is 9.88. The van der Waals surface area contributed by atoms with Gasteiger partial charge in [-0.15, -0.1) is 0 Å². The number of hydrogen-bond acceptors (Lipinski definition) is 7. The molecule has 0 spiro atoms. The van der Waals surface area contributed by atoms with E-state index in [2.05, 4.69) is 31.7 Å². The van der Waals surface area contributed by atoms with Gasteiger partial charge in [0.15, 0.2) is 16.6 Å². The molecule has 9 heteroatoms. The normalized spacial score (nSPS) is 11.7. The van der Waals surface area contributed by atoms with Crippen LogP contribution in [0.1, 0.15) is 38.7 Å². The maximum atomic E-state index is 15.5. The minimum atomic E-state index is -0.657. The molecular weight excluding hydrogens is 529 g/mol. The Labute approximate surface area is 234 Å². The van der Waals surface area contributed by atoms with E-state index in [-0.39, 0.29) is 11.6 Å². The number of carbonyl (C=O) groups excluding carboxylic acids is 1. The SMILES string of the molecule is Cc1ccnc(Nc2ncc(Sc3ccnc(C(=O)NCC(c4ccccc4)c4ccccc4C)c3F)s2)c1. The molecule has 1 amide bonds. The monoisotopic (exact) mass is 555 g/mol. The zero-order valence-electron chi connectivity index (χ0n) is 21.4. The van der Waals surface area contributed by atoms with Gasteiger partial charge in [-0.3, -0.25) is 4.79 Å². The van der Waals surface area contributed by atoms with Gasteiger partial charge in [-0.2, -0.15) is 0 Å². The van der Waals surface area contributed by atoms with Crippen LogP contribution in [0.2, 0.25) is 0 Å². The first kappa shape index (κ1) is 26.5. The van der Waals surface area contributed by atoms with Crippen molar-refractivity contribution in [3.05, 3.63) is 125 Å². The van der Waals surface area contributed by atoms with Crippen LogP contribution in [0.5, 0.6) is 0 Å². The Balaban J connectivity index is 1.30. The first-order valence-corrected chi connectivity index (χ1v) is 14.0. The summed E-state index contributed by atoms with van der Waals surface area (Å²) in [6, 6.07) is 23.5. The standard InChI is InChI=1S/C30H26FN5OS2/c1-19-12-14-32-25(16-19)36-30-35-18-26(39-30)38-24-13-15-33-28(27(24)31)29(37)34-17-23(21-9-4-3-5-10-21)22-11-7-6-8-20(22)2/h3-16,18,23H,17H2,1-2H3,(H,34,37)(H,32,35,36). The Morgan fingerprint density at radius 1 is 0.974 bits per heavy atom. The molecular formula is C30H26FN5OS2. The summed E-state index contributed by atoms with van der Waals surface area (Å²) in [7, 11) is 0. The third kappa shape index (κ3) is 6.50. The van der Waals surface area contributed by atoms with E-state index in [4.69, 9.17) is 0 Å². The zero-order valence-corrected chi connectivity index (χ0v) is 23.0. The number of rotatable bonds is 9. The summed E-state index contributed by atoms with van der Waals surface area (Å²) in [5, 5.41) is 6.72. The number of amides is 1. The van der Waals surface area contributed by atoms with Gasteiger partial charge in [0.1, 0.15) is 5.82 Å². The van der Waals surface area contributed by atoms with Crippen LogP contribution in [0.3, 0.4) is 0 Å². The molecule has 5 aromatic rings. The highest BCUT2D eigenvalue weighted by Gasteiger charge is 2.21. The summed E-state index contributed by atoms with van der Waals surface area (Å²) in [4.78, 5) is 26.1. The van der Waals surface area contributed by atoms with Crippen LogP contribution in [0, 0.1) is 19.7 Å². The zero-order chi connectivity index (χ0) is 27.2. The molecule has 0 aliphatic rings. The van der Waals surface area contributed by atoms with Gasteiger partial charge in [-0.05, 0) is 54.3 Å². The molecule has 2 aromatic carbocycles. The predicted octanol–water partition coefficient (Wildman–Crippen LogP) is 7.15. The third-order valence-electron chi connectivity index (χ3n) is 6.15. The Hall–Kier alpha value is -4.08. The third-order valence-corrected chi connectivity index (χ3v) is 8.20. The highest BCUT2D eigenvalue weighted by atomic mass is 32.2. The number of nitrogens with zero attached hydrogens (tertiary/aromatic N) is 3. The van der Waals surface area contributed by atoms with E-state index < -0.39 is 11.7 Å². The average molecular weight is 556 g/mol. The van der Waals surface area contributed by atoms with Gasteiger partial charge in [0.25, 0.3) is 5.91 Å². The maximum absolute atomic E-state index is 15.5. The number of anilines is 2. The van der Waals surface area contributed by atoms with Crippen molar-refractivity contribution >= 4 is 40.0 Å². The first-order valence-electron chi connectivity index (χ1n) is 12.3. The molecule has 0 bridgehead atoms. The van der Waals surface area contributed by atoms with Crippen LogP contribution in [0.25, 0.3) is 0 Å². The molecule has 2 N–H and O–H groups in total. The highest BCUT2D eigenvalue weighted by molar-refractivity contribution is 8.01. The molecule has 5 rings (SSSR count). The molecule has 0 aliphatic carbocycles. The Morgan fingerprint density at radius 3 is 2.54 bits per heavy atom. The smallest absolute Gasteiger partial charge is 0.273 e. The quantitative estimate of drug-likeness (QED) is 0.201. The van der Waals surface area contributed by atoms with Crippen molar-refractivity contribution in [1.82, 2.24) is 20.3 Å². The van der Waals surface area contributed by atoms with Gasteiger partial charge >= 0.3 is 0 Å². The number of pyridine rings is 2. The Bertz CT molecular complexity index is 1590. The lowest BCUT2D eigenvalue weighted by molar-refractivity contribution is 0.0942. The largest absolute Gasteiger partial charge is 0.350 e. The summed E-state index contributed by atoms with van der Waals surface area (Å²) in [6.07, 6.45) is 4.84. The molecule has 3 aromatic heterocycles. The molecule has 0 aliphatic heterocycles. The molecule has 196 valence electrons. The van der Waals surface area contributed by atoms with Crippen LogP contribution in [-0.4, -0.2) is 27.4 Å². The van der Waals surface area contributed by atoms with Crippen molar-refractivity contribution in [3.63, 3.8) is 0 Å². The van der Waals surface area contributed by atoms with Crippen LogP contribution in [0.15, 0.2) is 100 Å².